The Morgan fingerprint density at radius 3 is 2.60 bits per heavy atom. The average molecular weight is 296 g/mol. The molecule has 1 amide bonds. The summed E-state index contributed by atoms with van der Waals surface area (Å²) in [7, 11) is 1.32. The van der Waals surface area contributed by atoms with Gasteiger partial charge in [-0.05, 0) is 31.0 Å². The van der Waals surface area contributed by atoms with Gasteiger partial charge in [0.15, 0.2) is 0 Å². The molecule has 1 heterocycles. The van der Waals surface area contributed by atoms with Crippen molar-refractivity contribution < 1.29 is 14.3 Å². The number of nitrogens with one attached hydrogen (secondary N) is 1. The van der Waals surface area contributed by atoms with Crippen LogP contribution in [0.4, 0.5) is 0 Å². The highest BCUT2D eigenvalue weighted by Crippen LogP contribution is 2.14. The van der Waals surface area contributed by atoms with E-state index in [-0.39, 0.29) is 5.91 Å². The van der Waals surface area contributed by atoms with Crippen molar-refractivity contribution in [2.45, 2.75) is 31.6 Å². The second-order valence-electron chi connectivity index (χ2n) is 4.57. The summed E-state index contributed by atoms with van der Waals surface area (Å²) in [6, 6.07) is 3.82. The molecular formula is C14H20N2O3S. The smallest absolute Gasteiger partial charge is 0.331 e. The number of esters is 1. The first kappa shape index (κ1) is 16.5. The number of carbonyl (C=O) groups is 2. The van der Waals surface area contributed by atoms with E-state index in [2.05, 4.69) is 10.3 Å². The van der Waals surface area contributed by atoms with E-state index in [0.717, 1.165) is 11.3 Å². The summed E-state index contributed by atoms with van der Waals surface area (Å²) >= 11 is 1.49. The lowest BCUT2D eigenvalue weighted by Crippen LogP contribution is -2.52. The Morgan fingerprint density at radius 1 is 1.40 bits per heavy atom. The predicted molar refractivity (Wildman–Crippen MR) is 79.3 cm³/mol. The van der Waals surface area contributed by atoms with Crippen molar-refractivity contribution in [1.82, 2.24) is 10.3 Å². The molecule has 0 unspecified atom stereocenters. The fraction of sp³-hybridized carbons (Fsp3) is 0.500. The Bertz CT molecular complexity index is 453. The highest BCUT2D eigenvalue weighted by atomic mass is 32.2. The third kappa shape index (κ3) is 4.85. The molecule has 1 aromatic rings. The van der Waals surface area contributed by atoms with Crippen LogP contribution < -0.4 is 5.32 Å². The number of amides is 1. The molecule has 20 heavy (non-hydrogen) atoms. The number of ether oxygens (including phenoxy) is 1. The van der Waals surface area contributed by atoms with Crippen LogP contribution in [0.15, 0.2) is 24.5 Å². The summed E-state index contributed by atoms with van der Waals surface area (Å²) in [5.74, 6) is 0.442. The Kier molecular flexibility index (Phi) is 6.51. The minimum absolute atomic E-state index is 0.168. The fourth-order valence-electron chi connectivity index (χ4n) is 1.59. The van der Waals surface area contributed by atoms with Crippen LogP contribution in [0.25, 0.3) is 0 Å². The molecule has 0 aliphatic carbocycles. The van der Waals surface area contributed by atoms with Gasteiger partial charge in [0.1, 0.15) is 5.54 Å². The first-order valence-corrected chi connectivity index (χ1v) is 7.53. The number of methoxy groups -OCH3 is 1. The van der Waals surface area contributed by atoms with Crippen LogP contribution in [0.3, 0.4) is 0 Å². The van der Waals surface area contributed by atoms with E-state index >= 15 is 0 Å². The molecule has 0 radical (unpaired) electrons. The number of pyridine rings is 1. The standard InChI is InChI=1S/C14H20N2O3S/c1-4-14(2,13(18)19-3)16-12(17)10-20-9-11-5-7-15-8-6-11/h5-8H,4,9-10H2,1-3H3,(H,16,17)/t14-/m1/s1. The SMILES string of the molecule is CC[C@@](C)(NC(=O)CSCc1ccncc1)C(=O)OC. The molecule has 0 aromatic carbocycles. The van der Waals surface area contributed by atoms with Crippen LogP contribution in [-0.2, 0) is 20.1 Å². The van der Waals surface area contributed by atoms with E-state index in [4.69, 9.17) is 4.74 Å². The average Bonchev–Trinajstić information content (AvgIpc) is 2.47. The van der Waals surface area contributed by atoms with E-state index < -0.39 is 11.5 Å². The Morgan fingerprint density at radius 2 is 2.05 bits per heavy atom. The van der Waals surface area contributed by atoms with Crippen molar-refractivity contribution in [3.05, 3.63) is 30.1 Å². The molecule has 0 saturated heterocycles. The van der Waals surface area contributed by atoms with Crippen LogP contribution >= 0.6 is 11.8 Å². The topological polar surface area (TPSA) is 68.3 Å². The van der Waals surface area contributed by atoms with Crippen molar-refractivity contribution in [3.63, 3.8) is 0 Å². The Hall–Kier alpha value is -1.56. The molecule has 0 aliphatic heterocycles. The van der Waals surface area contributed by atoms with Gasteiger partial charge in [-0.2, -0.15) is 0 Å². The minimum Gasteiger partial charge on any atom is -0.467 e. The monoisotopic (exact) mass is 296 g/mol. The van der Waals surface area contributed by atoms with Gasteiger partial charge in [0.2, 0.25) is 5.91 Å². The molecule has 0 bridgehead atoms. The third-order valence-corrected chi connectivity index (χ3v) is 4.01. The van der Waals surface area contributed by atoms with E-state index in [1.54, 1.807) is 19.3 Å². The lowest BCUT2D eigenvalue weighted by Gasteiger charge is -2.26. The first-order chi connectivity index (χ1) is 9.51. The van der Waals surface area contributed by atoms with Gasteiger partial charge in [0.25, 0.3) is 0 Å². The molecule has 6 heteroatoms. The molecule has 5 nitrogen and oxygen atoms in total. The highest BCUT2D eigenvalue weighted by molar-refractivity contribution is 7.99. The maximum Gasteiger partial charge on any atom is 0.331 e. The number of carbonyl (C=O) groups excluding carboxylic acids is 2. The van der Waals surface area contributed by atoms with Gasteiger partial charge in [-0.25, -0.2) is 4.79 Å². The number of hydrogen-bond donors (Lipinski definition) is 1. The van der Waals surface area contributed by atoms with Crippen LogP contribution in [0.5, 0.6) is 0 Å². The summed E-state index contributed by atoms with van der Waals surface area (Å²) in [5.41, 5.74) is 0.160. The number of aromatic nitrogens is 1. The molecule has 0 spiro atoms. The molecule has 1 rings (SSSR count). The molecule has 0 saturated carbocycles. The van der Waals surface area contributed by atoms with Crippen molar-refractivity contribution in [3.8, 4) is 0 Å². The minimum atomic E-state index is -0.955. The lowest BCUT2D eigenvalue weighted by molar-refractivity contribution is -0.150. The van der Waals surface area contributed by atoms with Crippen molar-refractivity contribution in [2.75, 3.05) is 12.9 Å². The second kappa shape index (κ2) is 7.89. The van der Waals surface area contributed by atoms with Crippen molar-refractivity contribution >= 4 is 23.6 Å². The van der Waals surface area contributed by atoms with E-state index in [0.29, 0.717) is 12.2 Å². The summed E-state index contributed by atoms with van der Waals surface area (Å²) < 4.78 is 4.71. The largest absolute Gasteiger partial charge is 0.467 e. The maximum absolute atomic E-state index is 11.9. The van der Waals surface area contributed by atoms with Crippen molar-refractivity contribution in [1.29, 1.82) is 0 Å². The summed E-state index contributed by atoms with van der Waals surface area (Å²) in [4.78, 5) is 27.5. The van der Waals surface area contributed by atoms with Gasteiger partial charge in [0.05, 0.1) is 12.9 Å². The highest BCUT2D eigenvalue weighted by Gasteiger charge is 2.33. The summed E-state index contributed by atoms with van der Waals surface area (Å²) in [6.45, 7) is 3.51. The number of nitrogens with zero attached hydrogens (tertiary/aromatic N) is 1. The van der Waals surface area contributed by atoms with Gasteiger partial charge in [-0.1, -0.05) is 6.92 Å². The van der Waals surface area contributed by atoms with Gasteiger partial charge < -0.3 is 10.1 Å². The Labute approximate surface area is 123 Å². The zero-order valence-corrected chi connectivity index (χ0v) is 12.8. The quantitative estimate of drug-likeness (QED) is 0.777. The third-order valence-electron chi connectivity index (χ3n) is 3.01. The number of rotatable bonds is 7. The Balaban J connectivity index is 2.41. The van der Waals surface area contributed by atoms with Crippen LogP contribution in [0.2, 0.25) is 0 Å². The second-order valence-corrected chi connectivity index (χ2v) is 5.56. The first-order valence-electron chi connectivity index (χ1n) is 6.38. The summed E-state index contributed by atoms with van der Waals surface area (Å²) in [5, 5.41) is 2.73. The predicted octanol–water partition coefficient (Wildman–Crippen LogP) is 1.77. The van der Waals surface area contributed by atoms with E-state index in [1.807, 2.05) is 19.1 Å². The van der Waals surface area contributed by atoms with Crippen LogP contribution in [-0.4, -0.2) is 35.3 Å². The van der Waals surface area contributed by atoms with Gasteiger partial charge >= 0.3 is 5.97 Å². The molecule has 1 atom stereocenters. The molecule has 0 aliphatic rings. The molecule has 110 valence electrons. The number of hydrogen-bond acceptors (Lipinski definition) is 5. The molecule has 1 aromatic heterocycles. The molecule has 0 fully saturated rings. The normalized spacial score (nSPS) is 13.3. The summed E-state index contributed by atoms with van der Waals surface area (Å²) in [6.07, 6.45) is 3.93. The van der Waals surface area contributed by atoms with Gasteiger partial charge in [0, 0.05) is 18.1 Å². The van der Waals surface area contributed by atoms with Crippen molar-refractivity contribution in [2.24, 2.45) is 0 Å². The van der Waals surface area contributed by atoms with Gasteiger partial charge in [-0.15, -0.1) is 11.8 Å². The molecule has 1 N–H and O–H groups in total. The maximum atomic E-state index is 11.9. The number of thioether (sulfide) groups is 1. The lowest BCUT2D eigenvalue weighted by atomic mass is 9.99. The molecular weight excluding hydrogens is 276 g/mol. The van der Waals surface area contributed by atoms with Crippen LogP contribution in [0, 0.1) is 0 Å². The zero-order chi connectivity index (χ0) is 15.0. The van der Waals surface area contributed by atoms with E-state index in [9.17, 15) is 9.59 Å². The van der Waals surface area contributed by atoms with Gasteiger partial charge in [-0.3, -0.25) is 9.78 Å². The zero-order valence-electron chi connectivity index (χ0n) is 12.0. The fourth-order valence-corrected chi connectivity index (χ4v) is 2.38. The van der Waals surface area contributed by atoms with E-state index in [1.165, 1.54) is 18.9 Å². The van der Waals surface area contributed by atoms with Crippen LogP contribution in [0.1, 0.15) is 25.8 Å².